The molecule has 1 atom stereocenters. The summed E-state index contributed by atoms with van der Waals surface area (Å²) in [5, 5.41) is 1.93. The van der Waals surface area contributed by atoms with E-state index in [1.165, 1.54) is 0 Å². The zero-order valence-electron chi connectivity index (χ0n) is 3.59. The molecule has 34 valence electrons. The Bertz CT molecular complexity index is 67.3. The summed E-state index contributed by atoms with van der Waals surface area (Å²) in [5.74, 6) is 0. The number of thiazole rings is 1. The van der Waals surface area contributed by atoms with Crippen LogP contribution in [-0.2, 0) is 0 Å². The third kappa shape index (κ3) is 1.48. The molecule has 0 spiro atoms. The predicted molar refractivity (Wildman–Crippen MR) is 34.6 cm³/mol. The molecule has 1 aromatic rings. The minimum atomic E-state index is 0. The van der Waals surface area contributed by atoms with E-state index in [1.807, 2.05) is 5.38 Å². The molecule has 1 unspecified atom stereocenters. The molecule has 1 heterocycles. The van der Waals surface area contributed by atoms with Gasteiger partial charge in [-0.25, -0.2) is 0 Å². The smallest absolute Gasteiger partial charge is 0.0791 e. The fourth-order valence-electron chi connectivity index (χ4n) is 0.176. The van der Waals surface area contributed by atoms with Crippen LogP contribution in [-0.4, -0.2) is 4.98 Å². The first kappa shape index (κ1) is 6.06. The maximum atomic E-state index is 3.74. The van der Waals surface area contributed by atoms with Gasteiger partial charge >= 0.3 is 0 Å². The van der Waals surface area contributed by atoms with Crippen molar-refractivity contribution in [3.8, 4) is 0 Å². The Hall–Kier alpha value is 0.0600. The summed E-state index contributed by atoms with van der Waals surface area (Å²) in [6.07, 6.45) is 1.77. The Kier molecular flexibility index (Phi) is 3.29. The molecule has 6 heavy (non-hydrogen) atoms. The Morgan fingerprint density at radius 2 is 2.33 bits per heavy atom. The van der Waals surface area contributed by atoms with E-state index < -0.39 is 0 Å². The third-order valence-electron chi connectivity index (χ3n) is 0.347. The van der Waals surface area contributed by atoms with Gasteiger partial charge in [0.15, 0.2) is 0 Å². The SMILES string of the molecule is [PH4+].c1cscn1. The fourth-order valence-corrected chi connectivity index (χ4v) is 0.527. The van der Waals surface area contributed by atoms with E-state index >= 15 is 0 Å². The van der Waals surface area contributed by atoms with Crippen molar-refractivity contribution in [2.75, 3.05) is 0 Å². The number of nitrogens with zero attached hydrogens (tertiary/aromatic N) is 1. The summed E-state index contributed by atoms with van der Waals surface area (Å²) in [4.78, 5) is 3.74. The lowest BCUT2D eigenvalue weighted by atomic mass is 11.0. The highest BCUT2D eigenvalue weighted by molar-refractivity contribution is 7.07. The van der Waals surface area contributed by atoms with Crippen LogP contribution >= 0.6 is 21.2 Å². The molecule has 0 aromatic carbocycles. The quantitative estimate of drug-likeness (QED) is 0.464. The zero-order chi connectivity index (χ0) is 3.54. The molecule has 0 fully saturated rings. The molecule has 0 radical (unpaired) electrons. The minimum Gasteiger partial charge on any atom is -0.253 e. The molecular formula is C3H7NPS+. The van der Waals surface area contributed by atoms with E-state index in [2.05, 4.69) is 4.98 Å². The molecule has 0 saturated carbocycles. The van der Waals surface area contributed by atoms with Gasteiger partial charge in [0.1, 0.15) is 0 Å². The molecule has 0 saturated heterocycles. The summed E-state index contributed by atoms with van der Waals surface area (Å²) in [7, 11) is 0. The second kappa shape index (κ2) is 3.26. The second-order valence-electron chi connectivity index (χ2n) is 0.676. The Balaban J connectivity index is 0.000000250. The molecule has 0 amide bonds. The van der Waals surface area contributed by atoms with Crippen LogP contribution in [0, 0.1) is 0 Å². The number of aromatic nitrogens is 1. The standard InChI is InChI=1S/C3H3NS.H3P/c1-2-5-3-4-1;/h1-3H;1H3/p+1. The van der Waals surface area contributed by atoms with E-state index in [0.29, 0.717) is 0 Å². The van der Waals surface area contributed by atoms with E-state index in [1.54, 1.807) is 23.0 Å². The lowest BCUT2D eigenvalue weighted by molar-refractivity contribution is 1.43. The second-order valence-corrected chi connectivity index (χ2v) is 1.43. The Morgan fingerprint density at radius 3 is 2.50 bits per heavy atom. The molecule has 0 N–H and O–H groups in total. The molecule has 0 aliphatic heterocycles. The third-order valence-corrected chi connectivity index (χ3v) is 0.869. The molecular weight excluding hydrogens is 113 g/mol. The van der Waals surface area contributed by atoms with Gasteiger partial charge in [0, 0.05) is 11.6 Å². The highest BCUT2D eigenvalue weighted by Crippen LogP contribution is 1.85. The minimum absolute atomic E-state index is 0. The molecule has 0 aliphatic carbocycles. The number of rotatable bonds is 0. The fraction of sp³-hybridized carbons (Fsp3) is 0. The van der Waals surface area contributed by atoms with Crippen LogP contribution < -0.4 is 0 Å². The summed E-state index contributed by atoms with van der Waals surface area (Å²) in [5.41, 5.74) is 1.79. The molecule has 1 nitrogen and oxygen atoms in total. The highest BCUT2D eigenvalue weighted by atomic mass is 32.1. The highest BCUT2D eigenvalue weighted by Gasteiger charge is 1.59. The number of hydrogen-bond donors (Lipinski definition) is 0. The van der Waals surface area contributed by atoms with Crippen LogP contribution in [0.25, 0.3) is 0 Å². The average molecular weight is 120 g/mol. The predicted octanol–water partition coefficient (Wildman–Crippen LogP) is 0.933. The topological polar surface area (TPSA) is 12.9 Å². The first-order chi connectivity index (χ1) is 2.50. The van der Waals surface area contributed by atoms with E-state index in [4.69, 9.17) is 0 Å². The van der Waals surface area contributed by atoms with E-state index in [9.17, 15) is 0 Å². The summed E-state index contributed by atoms with van der Waals surface area (Å²) < 4.78 is 0. The summed E-state index contributed by atoms with van der Waals surface area (Å²) in [6.45, 7) is 0. The summed E-state index contributed by atoms with van der Waals surface area (Å²) in [6, 6.07) is 0. The first-order valence-electron chi connectivity index (χ1n) is 1.32. The first-order valence-corrected chi connectivity index (χ1v) is 2.26. The van der Waals surface area contributed by atoms with Crippen LogP contribution in [0.3, 0.4) is 0 Å². The van der Waals surface area contributed by atoms with Crippen molar-refractivity contribution in [3.05, 3.63) is 17.1 Å². The van der Waals surface area contributed by atoms with E-state index in [0.717, 1.165) is 0 Å². The van der Waals surface area contributed by atoms with Crippen molar-refractivity contribution in [2.45, 2.75) is 0 Å². The molecule has 0 aliphatic rings. The van der Waals surface area contributed by atoms with Crippen molar-refractivity contribution in [3.63, 3.8) is 0 Å². The van der Waals surface area contributed by atoms with Crippen molar-refractivity contribution in [1.82, 2.24) is 4.98 Å². The zero-order valence-corrected chi connectivity index (χ0v) is 6.40. The van der Waals surface area contributed by atoms with Crippen LogP contribution in [0.1, 0.15) is 0 Å². The Labute approximate surface area is 44.0 Å². The van der Waals surface area contributed by atoms with Gasteiger partial charge in [-0.1, -0.05) is 0 Å². The summed E-state index contributed by atoms with van der Waals surface area (Å²) >= 11 is 1.60. The lowest BCUT2D eigenvalue weighted by Gasteiger charge is -1.41. The van der Waals surface area contributed by atoms with Gasteiger partial charge in [-0.2, -0.15) is 0 Å². The van der Waals surface area contributed by atoms with Gasteiger partial charge < -0.3 is 0 Å². The molecule has 0 bridgehead atoms. The van der Waals surface area contributed by atoms with Crippen LogP contribution in [0.5, 0.6) is 0 Å². The van der Waals surface area contributed by atoms with Crippen LogP contribution in [0.2, 0.25) is 0 Å². The average Bonchev–Trinajstić information content (AvgIpc) is 1.76. The number of hydrogen-bond acceptors (Lipinski definition) is 2. The monoisotopic (exact) mass is 120 g/mol. The van der Waals surface area contributed by atoms with Crippen LogP contribution in [0.15, 0.2) is 17.1 Å². The van der Waals surface area contributed by atoms with Crippen molar-refractivity contribution < 1.29 is 0 Å². The maximum Gasteiger partial charge on any atom is 0.0791 e. The molecule has 1 rings (SSSR count). The van der Waals surface area contributed by atoms with E-state index in [-0.39, 0.29) is 9.90 Å². The molecule has 3 heteroatoms. The Morgan fingerprint density at radius 1 is 1.50 bits per heavy atom. The van der Waals surface area contributed by atoms with Gasteiger partial charge in [0.25, 0.3) is 0 Å². The lowest BCUT2D eigenvalue weighted by Crippen LogP contribution is -1.38. The van der Waals surface area contributed by atoms with Crippen molar-refractivity contribution in [1.29, 1.82) is 0 Å². The normalized spacial score (nSPS) is 6.67. The van der Waals surface area contributed by atoms with Gasteiger partial charge in [-0.15, -0.1) is 11.3 Å². The van der Waals surface area contributed by atoms with Crippen molar-refractivity contribution >= 4 is 21.2 Å². The van der Waals surface area contributed by atoms with Gasteiger partial charge in [-0.05, 0) is 9.90 Å². The van der Waals surface area contributed by atoms with Gasteiger partial charge in [0.05, 0.1) is 5.51 Å². The van der Waals surface area contributed by atoms with Gasteiger partial charge in [0.2, 0.25) is 0 Å². The van der Waals surface area contributed by atoms with Crippen LogP contribution in [0.4, 0.5) is 0 Å². The van der Waals surface area contributed by atoms with Gasteiger partial charge in [-0.3, -0.25) is 4.98 Å². The van der Waals surface area contributed by atoms with Crippen molar-refractivity contribution in [2.24, 2.45) is 0 Å². The maximum absolute atomic E-state index is 3.74. The largest absolute Gasteiger partial charge is 0.253 e. The molecule has 1 aromatic heterocycles.